The van der Waals surface area contributed by atoms with Gasteiger partial charge in [-0.1, -0.05) is 27.7 Å². The van der Waals surface area contributed by atoms with Gasteiger partial charge in [0.15, 0.2) is 6.29 Å². The molecule has 0 amide bonds. The molecule has 0 fully saturated rings. The molecule has 0 aliphatic heterocycles. The minimum absolute atomic E-state index is 0.0650. The van der Waals surface area contributed by atoms with Crippen LogP contribution in [0, 0.1) is 0 Å². The van der Waals surface area contributed by atoms with E-state index in [1.54, 1.807) is 0 Å². The Hall–Kier alpha value is -0.0800. The van der Waals surface area contributed by atoms with Crippen molar-refractivity contribution in [3.63, 3.8) is 0 Å². The number of rotatable bonds is 8. The van der Waals surface area contributed by atoms with Gasteiger partial charge in [-0.15, -0.1) is 0 Å². The number of hydrogen-bond donors (Lipinski definition) is 0. The predicted octanol–water partition coefficient (Wildman–Crippen LogP) is 3.74. The van der Waals surface area contributed by atoms with Crippen molar-refractivity contribution in [1.29, 1.82) is 0 Å². The van der Waals surface area contributed by atoms with Gasteiger partial charge in [-0.05, 0) is 32.6 Å². The van der Waals surface area contributed by atoms with Gasteiger partial charge in [-0.25, -0.2) is 0 Å². The van der Waals surface area contributed by atoms with Gasteiger partial charge in [0.05, 0.1) is 12.2 Å². The maximum atomic E-state index is 5.76. The molecule has 0 heterocycles. The summed E-state index contributed by atoms with van der Waals surface area (Å²) < 4.78 is 11.5. The van der Waals surface area contributed by atoms with E-state index in [9.17, 15) is 0 Å². The molecule has 2 heteroatoms. The molecule has 0 spiro atoms. The van der Waals surface area contributed by atoms with Crippen LogP contribution >= 0.6 is 0 Å². The average Bonchev–Trinajstić information content (AvgIpc) is 2.22. The molecule has 0 rings (SSSR count). The Balaban J connectivity index is 3.77. The van der Waals surface area contributed by atoms with E-state index in [2.05, 4.69) is 27.7 Å². The second-order valence-corrected chi connectivity index (χ2v) is 3.72. The van der Waals surface area contributed by atoms with Crippen LogP contribution in [-0.4, -0.2) is 18.5 Å². The Morgan fingerprint density at radius 2 is 1.00 bits per heavy atom. The molecule has 0 atom stereocenters. The summed E-state index contributed by atoms with van der Waals surface area (Å²) in [6.07, 6.45) is 4.88. The molecule has 2 nitrogen and oxygen atoms in total. The first-order valence-electron chi connectivity index (χ1n) is 5.98. The first kappa shape index (κ1) is 13.9. The highest BCUT2D eigenvalue weighted by Crippen LogP contribution is 2.12. The van der Waals surface area contributed by atoms with Crippen LogP contribution < -0.4 is 0 Å². The topological polar surface area (TPSA) is 18.5 Å². The van der Waals surface area contributed by atoms with Gasteiger partial charge in [0.25, 0.3) is 0 Å². The summed E-state index contributed by atoms with van der Waals surface area (Å²) in [5, 5.41) is 0. The summed E-state index contributed by atoms with van der Waals surface area (Å²) in [6.45, 7) is 10.6. The third-order valence-electron chi connectivity index (χ3n) is 2.59. The predicted molar refractivity (Wildman–Crippen MR) is 60.4 cm³/mol. The largest absolute Gasteiger partial charge is 0.350 e. The van der Waals surface area contributed by atoms with E-state index in [4.69, 9.17) is 9.47 Å². The van der Waals surface area contributed by atoms with Crippen molar-refractivity contribution in [1.82, 2.24) is 0 Å². The zero-order chi connectivity index (χ0) is 11.0. The maximum absolute atomic E-state index is 5.76. The van der Waals surface area contributed by atoms with Gasteiger partial charge in [-0.3, -0.25) is 0 Å². The summed E-state index contributed by atoms with van der Waals surface area (Å²) in [7, 11) is 0. The van der Waals surface area contributed by atoms with Gasteiger partial charge >= 0.3 is 0 Å². The third kappa shape index (κ3) is 5.61. The second kappa shape index (κ2) is 8.25. The lowest BCUT2D eigenvalue weighted by Gasteiger charge is -2.24. The molecular weight excluding hydrogens is 176 g/mol. The standard InChI is InChI=1S/C12H26O2/c1-6-11(7-2)13-10(5)14-12(8-3)9-4/h10-12H,6-9H2,1-5H3. The summed E-state index contributed by atoms with van der Waals surface area (Å²) in [5.41, 5.74) is 0. The molecule has 0 aliphatic rings. The van der Waals surface area contributed by atoms with E-state index >= 15 is 0 Å². The fraction of sp³-hybridized carbons (Fsp3) is 1.00. The van der Waals surface area contributed by atoms with Gasteiger partial charge in [0.1, 0.15) is 0 Å². The first-order chi connectivity index (χ1) is 6.67. The van der Waals surface area contributed by atoms with Gasteiger partial charge in [-0.2, -0.15) is 0 Å². The fourth-order valence-corrected chi connectivity index (χ4v) is 1.54. The van der Waals surface area contributed by atoms with Crippen LogP contribution in [0.1, 0.15) is 60.3 Å². The van der Waals surface area contributed by atoms with Crippen LogP contribution in [0.2, 0.25) is 0 Å². The lowest BCUT2D eigenvalue weighted by molar-refractivity contribution is -0.186. The van der Waals surface area contributed by atoms with E-state index < -0.39 is 0 Å². The molecule has 86 valence electrons. The van der Waals surface area contributed by atoms with Crippen molar-refractivity contribution in [2.45, 2.75) is 78.8 Å². The smallest absolute Gasteiger partial charge is 0.155 e. The molecule has 0 aromatic rings. The van der Waals surface area contributed by atoms with Crippen molar-refractivity contribution < 1.29 is 9.47 Å². The third-order valence-corrected chi connectivity index (χ3v) is 2.59. The summed E-state index contributed by atoms with van der Waals surface area (Å²) >= 11 is 0. The minimum Gasteiger partial charge on any atom is -0.350 e. The Bertz CT molecular complexity index is 103. The van der Waals surface area contributed by atoms with E-state index in [-0.39, 0.29) is 6.29 Å². The number of ether oxygens (including phenoxy) is 2. The van der Waals surface area contributed by atoms with Crippen LogP contribution in [0.4, 0.5) is 0 Å². The van der Waals surface area contributed by atoms with Crippen LogP contribution in [0.3, 0.4) is 0 Å². The molecule has 0 N–H and O–H groups in total. The van der Waals surface area contributed by atoms with Crippen LogP contribution in [0.5, 0.6) is 0 Å². The first-order valence-corrected chi connectivity index (χ1v) is 5.98. The number of hydrogen-bond acceptors (Lipinski definition) is 2. The molecule has 0 saturated heterocycles. The summed E-state index contributed by atoms with van der Waals surface area (Å²) in [5.74, 6) is 0. The van der Waals surface area contributed by atoms with Gasteiger partial charge in [0.2, 0.25) is 0 Å². The monoisotopic (exact) mass is 202 g/mol. The highest BCUT2D eigenvalue weighted by molar-refractivity contribution is 4.55. The van der Waals surface area contributed by atoms with Crippen molar-refractivity contribution in [3.8, 4) is 0 Å². The quantitative estimate of drug-likeness (QED) is 0.558. The van der Waals surface area contributed by atoms with Crippen LogP contribution in [0.15, 0.2) is 0 Å². The Morgan fingerprint density at radius 3 is 1.21 bits per heavy atom. The van der Waals surface area contributed by atoms with Crippen molar-refractivity contribution in [3.05, 3.63) is 0 Å². The lowest BCUT2D eigenvalue weighted by Crippen LogP contribution is -2.25. The Kier molecular flexibility index (Phi) is 8.20. The maximum Gasteiger partial charge on any atom is 0.155 e. The highest BCUT2D eigenvalue weighted by atomic mass is 16.7. The summed E-state index contributed by atoms with van der Waals surface area (Å²) in [4.78, 5) is 0. The molecule has 14 heavy (non-hydrogen) atoms. The molecule has 0 aromatic carbocycles. The van der Waals surface area contributed by atoms with Gasteiger partial charge < -0.3 is 9.47 Å². The normalized spacial score (nSPS) is 12.0. The molecule has 0 aliphatic carbocycles. The molecule has 0 unspecified atom stereocenters. The SMILES string of the molecule is CCC(CC)OC(C)OC(CC)CC. The summed E-state index contributed by atoms with van der Waals surface area (Å²) in [6, 6.07) is 0. The van der Waals surface area contributed by atoms with E-state index in [0.29, 0.717) is 12.2 Å². The molecule has 0 bridgehead atoms. The minimum atomic E-state index is -0.0650. The Morgan fingerprint density at radius 1 is 0.714 bits per heavy atom. The average molecular weight is 202 g/mol. The second-order valence-electron chi connectivity index (χ2n) is 3.72. The molecule has 0 radical (unpaired) electrons. The molecular formula is C12H26O2. The van der Waals surface area contributed by atoms with Crippen molar-refractivity contribution in [2.24, 2.45) is 0 Å². The van der Waals surface area contributed by atoms with E-state index in [0.717, 1.165) is 25.7 Å². The van der Waals surface area contributed by atoms with Crippen LogP contribution in [-0.2, 0) is 9.47 Å². The molecule has 0 aromatic heterocycles. The zero-order valence-electron chi connectivity index (χ0n) is 10.4. The zero-order valence-corrected chi connectivity index (χ0v) is 10.4. The fourth-order valence-electron chi connectivity index (χ4n) is 1.54. The van der Waals surface area contributed by atoms with E-state index in [1.165, 1.54) is 0 Å². The van der Waals surface area contributed by atoms with Crippen molar-refractivity contribution >= 4 is 0 Å². The molecule has 0 saturated carbocycles. The van der Waals surface area contributed by atoms with Gasteiger partial charge in [0, 0.05) is 0 Å². The lowest BCUT2D eigenvalue weighted by atomic mass is 10.2. The van der Waals surface area contributed by atoms with Crippen LogP contribution in [0.25, 0.3) is 0 Å². The Labute approximate surface area is 89.0 Å². The van der Waals surface area contributed by atoms with E-state index in [1.807, 2.05) is 6.92 Å². The highest BCUT2D eigenvalue weighted by Gasteiger charge is 2.13. The van der Waals surface area contributed by atoms with Crippen molar-refractivity contribution in [2.75, 3.05) is 0 Å².